The van der Waals surface area contributed by atoms with Gasteiger partial charge in [0.05, 0.1) is 18.6 Å². The van der Waals surface area contributed by atoms with Crippen LogP contribution in [0.3, 0.4) is 0 Å². The normalized spacial score (nSPS) is 10.4. The van der Waals surface area contributed by atoms with E-state index in [1.807, 2.05) is 6.92 Å². The second kappa shape index (κ2) is 4.39. The molecule has 3 nitrogen and oxygen atoms in total. The van der Waals surface area contributed by atoms with Crippen LogP contribution in [0.15, 0.2) is 24.5 Å². The van der Waals surface area contributed by atoms with Crippen molar-refractivity contribution in [1.29, 1.82) is 0 Å². The standard InChI is InChI=1S/C13H17N3/c1-9-4-10(2)6-12(5-9)14-7-13-11(3)15-8-16-13/h4-6,8,14H,7H2,1-3H3,(H,15,16). The molecule has 1 aromatic carbocycles. The average Bonchev–Trinajstić information content (AvgIpc) is 2.59. The van der Waals surface area contributed by atoms with Gasteiger partial charge in [-0.1, -0.05) is 6.07 Å². The molecular weight excluding hydrogens is 198 g/mol. The van der Waals surface area contributed by atoms with Gasteiger partial charge in [-0.15, -0.1) is 0 Å². The Balaban J connectivity index is 2.07. The molecule has 0 saturated heterocycles. The lowest BCUT2D eigenvalue weighted by Crippen LogP contribution is -2.01. The Kier molecular flexibility index (Phi) is 2.95. The summed E-state index contributed by atoms with van der Waals surface area (Å²) in [5.74, 6) is 0. The number of benzene rings is 1. The van der Waals surface area contributed by atoms with Crippen molar-refractivity contribution in [3.8, 4) is 0 Å². The van der Waals surface area contributed by atoms with E-state index in [0.717, 1.165) is 23.6 Å². The van der Waals surface area contributed by atoms with E-state index in [-0.39, 0.29) is 0 Å². The summed E-state index contributed by atoms with van der Waals surface area (Å²) < 4.78 is 0. The lowest BCUT2D eigenvalue weighted by molar-refractivity contribution is 1.05. The number of hydrogen-bond donors (Lipinski definition) is 2. The van der Waals surface area contributed by atoms with Gasteiger partial charge in [0.25, 0.3) is 0 Å². The fraction of sp³-hybridized carbons (Fsp3) is 0.308. The van der Waals surface area contributed by atoms with E-state index in [4.69, 9.17) is 0 Å². The van der Waals surface area contributed by atoms with Gasteiger partial charge in [0, 0.05) is 11.4 Å². The minimum Gasteiger partial charge on any atom is -0.379 e. The Hall–Kier alpha value is -1.77. The SMILES string of the molecule is Cc1cc(C)cc(NCc2nc[nH]c2C)c1. The number of aryl methyl sites for hydroxylation is 3. The molecule has 0 bridgehead atoms. The Labute approximate surface area is 95.9 Å². The van der Waals surface area contributed by atoms with Gasteiger partial charge in [0.15, 0.2) is 0 Å². The summed E-state index contributed by atoms with van der Waals surface area (Å²) in [6.07, 6.45) is 1.73. The fourth-order valence-electron chi connectivity index (χ4n) is 1.83. The first-order valence-corrected chi connectivity index (χ1v) is 5.46. The molecule has 0 fully saturated rings. The molecule has 0 aliphatic carbocycles. The summed E-state index contributed by atoms with van der Waals surface area (Å²) in [6, 6.07) is 6.47. The number of nitrogens with zero attached hydrogens (tertiary/aromatic N) is 1. The summed E-state index contributed by atoms with van der Waals surface area (Å²) in [5.41, 5.74) is 5.90. The largest absolute Gasteiger partial charge is 0.379 e. The van der Waals surface area contributed by atoms with Crippen LogP contribution in [0.4, 0.5) is 5.69 Å². The molecule has 0 atom stereocenters. The van der Waals surface area contributed by atoms with E-state index in [9.17, 15) is 0 Å². The molecule has 84 valence electrons. The predicted octanol–water partition coefficient (Wildman–Crippen LogP) is 2.95. The van der Waals surface area contributed by atoms with Crippen molar-refractivity contribution in [2.45, 2.75) is 27.3 Å². The molecule has 0 amide bonds. The molecule has 0 radical (unpaired) electrons. The Bertz CT molecular complexity index is 465. The second-order valence-electron chi connectivity index (χ2n) is 4.20. The quantitative estimate of drug-likeness (QED) is 0.826. The van der Waals surface area contributed by atoms with Crippen LogP contribution >= 0.6 is 0 Å². The van der Waals surface area contributed by atoms with Crippen molar-refractivity contribution in [2.24, 2.45) is 0 Å². The van der Waals surface area contributed by atoms with Gasteiger partial charge in [-0.2, -0.15) is 0 Å². The third kappa shape index (κ3) is 2.42. The van der Waals surface area contributed by atoms with E-state index < -0.39 is 0 Å². The topological polar surface area (TPSA) is 40.7 Å². The highest BCUT2D eigenvalue weighted by Crippen LogP contribution is 2.14. The van der Waals surface area contributed by atoms with E-state index >= 15 is 0 Å². The zero-order valence-corrected chi connectivity index (χ0v) is 9.96. The molecule has 0 spiro atoms. The summed E-state index contributed by atoms with van der Waals surface area (Å²) in [7, 11) is 0. The van der Waals surface area contributed by atoms with Crippen LogP contribution in [-0.2, 0) is 6.54 Å². The summed E-state index contributed by atoms with van der Waals surface area (Å²) in [6.45, 7) is 7.01. The van der Waals surface area contributed by atoms with Crippen LogP contribution < -0.4 is 5.32 Å². The molecular formula is C13H17N3. The second-order valence-corrected chi connectivity index (χ2v) is 4.20. The smallest absolute Gasteiger partial charge is 0.0925 e. The van der Waals surface area contributed by atoms with E-state index in [1.54, 1.807) is 6.33 Å². The van der Waals surface area contributed by atoms with Crippen molar-refractivity contribution in [3.05, 3.63) is 47.0 Å². The molecule has 2 aromatic rings. The van der Waals surface area contributed by atoms with Crippen LogP contribution in [0.5, 0.6) is 0 Å². The van der Waals surface area contributed by atoms with Gasteiger partial charge in [-0.05, 0) is 44.0 Å². The van der Waals surface area contributed by atoms with E-state index in [0.29, 0.717) is 0 Å². The maximum atomic E-state index is 4.26. The highest BCUT2D eigenvalue weighted by Gasteiger charge is 2.01. The molecule has 1 aromatic heterocycles. The number of aromatic nitrogens is 2. The highest BCUT2D eigenvalue weighted by atomic mass is 14.9. The van der Waals surface area contributed by atoms with Crippen LogP contribution in [-0.4, -0.2) is 9.97 Å². The minimum absolute atomic E-state index is 0.762. The van der Waals surface area contributed by atoms with E-state index in [2.05, 4.69) is 47.3 Å². The zero-order chi connectivity index (χ0) is 11.5. The molecule has 0 saturated carbocycles. The zero-order valence-electron chi connectivity index (χ0n) is 9.96. The number of hydrogen-bond acceptors (Lipinski definition) is 2. The fourth-order valence-corrected chi connectivity index (χ4v) is 1.83. The van der Waals surface area contributed by atoms with Crippen LogP contribution in [0, 0.1) is 20.8 Å². The highest BCUT2D eigenvalue weighted by molar-refractivity contribution is 5.48. The maximum absolute atomic E-state index is 4.26. The molecule has 1 heterocycles. The number of rotatable bonds is 3. The molecule has 16 heavy (non-hydrogen) atoms. The Morgan fingerprint density at radius 1 is 1.12 bits per heavy atom. The van der Waals surface area contributed by atoms with Gasteiger partial charge >= 0.3 is 0 Å². The van der Waals surface area contributed by atoms with E-state index in [1.165, 1.54) is 11.1 Å². The van der Waals surface area contributed by atoms with Crippen LogP contribution in [0.1, 0.15) is 22.5 Å². The summed E-state index contributed by atoms with van der Waals surface area (Å²) in [4.78, 5) is 7.33. The lowest BCUT2D eigenvalue weighted by atomic mass is 10.1. The first-order valence-electron chi connectivity index (χ1n) is 5.46. The molecule has 2 N–H and O–H groups in total. The van der Waals surface area contributed by atoms with Gasteiger partial charge in [-0.3, -0.25) is 0 Å². The van der Waals surface area contributed by atoms with Gasteiger partial charge in [0.1, 0.15) is 0 Å². The number of imidazole rings is 1. The number of nitrogens with one attached hydrogen (secondary N) is 2. The van der Waals surface area contributed by atoms with Gasteiger partial charge < -0.3 is 10.3 Å². The molecule has 2 rings (SSSR count). The number of anilines is 1. The van der Waals surface area contributed by atoms with Crippen molar-refractivity contribution in [2.75, 3.05) is 5.32 Å². The molecule has 0 aliphatic rings. The van der Waals surface area contributed by atoms with Gasteiger partial charge in [0.2, 0.25) is 0 Å². The Morgan fingerprint density at radius 3 is 2.38 bits per heavy atom. The summed E-state index contributed by atoms with van der Waals surface area (Å²) in [5, 5.41) is 3.39. The predicted molar refractivity (Wildman–Crippen MR) is 66.6 cm³/mol. The first kappa shape index (κ1) is 10.7. The summed E-state index contributed by atoms with van der Waals surface area (Å²) >= 11 is 0. The lowest BCUT2D eigenvalue weighted by Gasteiger charge is -2.07. The van der Waals surface area contributed by atoms with Crippen molar-refractivity contribution >= 4 is 5.69 Å². The number of H-pyrrole nitrogens is 1. The third-order valence-corrected chi connectivity index (χ3v) is 2.62. The third-order valence-electron chi connectivity index (χ3n) is 2.62. The first-order chi connectivity index (χ1) is 7.65. The molecule has 3 heteroatoms. The maximum Gasteiger partial charge on any atom is 0.0925 e. The minimum atomic E-state index is 0.762. The number of aromatic amines is 1. The molecule has 0 aliphatic heterocycles. The van der Waals surface area contributed by atoms with Crippen LogP contribution in [0.25, 0.3) is 0 Å². The molecule has 0 unspecified atom stereocenters. The van der Waals surface area contributed by atoms with Crippen molar-refractivity contribution in [3.63, 3.8) is 0 Å². The average molecular weight is 215 g/mol. The van der Waals surface area contributed by atoms with Crippen molar-refractivity contribution in [1.82, 2.24) is 9.97 Å². The Morgan fingerprint density at radius 2 is 1.81 bits per heavy atom. The monoisotopic (exact) mass is 215 g/mol. The van der Waals surface area contributed by atoms with Crippen LogP contribution in [0.2, 0.25) is 0 Å². The van der Waals surface area contributed by atoms with Crippen molar-refractivity contribution < 1.29 is 0 Å². The van der Waals surface area contributed by atoms with Gasteiger partial charge in [-0.25, -0.2) is 4.98 Å².